The van der Waals surface area contributed by atoms with Crippen LogP contribution in [0, 0.1) is 6.92 Å². The second-order valence-corrected chi connectivity index (χ2v) is 7.32. The minimum Gasteiger partial charge on any atom is -0.343 e. The number of rotatable bonds is 5. The van der Waals surface area contributed by atoms with Crippen molar-refractivity contribution in [3.8, 4) is 0 Å². The predicted molar refractivity (Wildman–Crippen MR) is 115 cm³/mol. The number of pyridine rings is 1. The fraction of sp³-hybridized carbons (Fsp3) is 0.182. The van der Waals surface area contributed by atoms with Crippen LogP contribution in [0.1, 0.15) is 34.2 Å². The smallest absolute Gasteiger partial charge is 0.261 e. The molecule has 0 unspecified atom stereocenters. The lowest BCUT2D eigenvalue weighted by Crippen LogP contribution is -2.28. The monoisotopic (exact) mass is 414 g/mol. The third-order valence-electron chi connectivity index (χ3n) is 4.56. The summed E-state index contributed by atoms with van der Waals surface area (Å²) in [6.07, 6.45) is 0.537. The molecule has 0 saturated heterocycles. The number of para-hydroxylation sites is 1. The molecule has 0 aliphatic rings. The number of carbonyl (C=O) groups is 1. The van der Waals surface area contributed by atoms with Crippen molar-refractivity contribution in [3.05, 3.63) is 97.4 Å². The molecule has 1 heterocycles. The summed E-state index contributed by atoms with van der Waals surface area (Å²) in [6.45, 7) is 4.34. The second-order valence-electron chi connectivity index (χ2n) is 6.47. The first kappa shape index (κ1) is 20.2. The molecule has 0 aliphatic carbocycles. The molecule has 1 N–H and O–H groups in total. The number of nitrogens with one attached hydrogen (secondary N) is 1. The van der Waals surface area contributed by atoms with Gasteiger partial charge in [-0.25, -0.2) is 0 Å². The molecule has 0 spiro atoms. The number of hydrogen-bond acceptors (Lipinski definition) is 2. The third-order valence-corrected chi connectivity index (χ3v) is 5.15. The molecule has 3 aromatic rings. The van der Waals surface area contributed by atoms with E-state index in [1.54, 1.807) is 24.3 Å². The van der Waals surface area contributed by atoms with Crippen molar-refractivity contribution >= 4 is 34.8 Å². The standard InChI is InChI=1S/C22H20Cl2N2O2/c1-3-19-21(22(28)25-18-7-5-4-6-17(18)24)20(27)12-14(2)26(19)13-15-8-10-16(23)11-9-15/h4-12H,3,13H2,1-2H3,(H,25,28). The van der Waals surface area contributed by atoms with Crippen molar-refractivity contribution < 1.29 is 4.79 Å². The molecule has 0 bridgehead atoms. The summed E-state index contributed by atoms with van der Waals surface area (Å²) in [5.74, 6) is -0.459. The van der Waals surface area contributed by atoms with E-state index in [4.69, 9.17) is 23.2 Å². The summed E-state index contributed by atoms with van der Waals surface area (Å²) in [7, 11) is 0. The summed E-state index contributed by atoms with van der Waals surface area (Å²) in [6, 6.07) is 16.0. The fourth-order valence-electron chi connectivity index (χ4n) is 3.18. The van der Waals surface area contributed by atoms with Crippen molar-refractivity contribution in [2.45, 2.75) is 26.8 Å². The molecule has 28 heavy (non-hydrogen) atoms. The first-order valence-electron chi connectivity index (χ1n) is 8.94. The number of hydrogen-bond donors (Lipinski definition) is 1. The molecule has 1 aromatic heterocycles. The topological polar surface area (TPSA) is 51.1 Å². The van der Waals surface area contributed by atoms with Gasteiger partial charge in [-0.2, -0.15) is 0 Å². The van der Waals surface area contributed by atoms with Gasteiger partial charge in [-0.1, -0.05) is 54.4 Å². The van der Waals surface area contributed by atoms with Gasteiger partial charge in [-0.3, -0.25) is 9.59 Å². The second kappa shape index (κ2) is 8.63. The maximum Gasteiger partial charge on any atom is 0.261 e. The van der Waals surface area contributed by atoms with Crippen molar-refractivity contribution in [2.75, 3.05) is 5.32 Å². The Morgan fingerprint density at radius 1 is 1.07 bits per heavy atom. The van der Waals surface area contributed by atoms with Crippen LogP contribution in [0.15, 0.2) is 59.4 Å². The Hall–Kier alpha value is -2.56. The highest BCUT2D eigenvalue weighted by Crippen LogP contribution is 2.22. The molecule has 4 nitrogen and oxygen atoms in total. The maximum absolute atomic E-state index is 12.9. The van der Waals surface area contributed by atoms with Crippen LogP contribution in [0.25, 0.3) is 0 Å². The van der Waals surface area contributed by atoms with Gasteiger partial charge in [0.15, 0.2) is 5.43 Å². The molecule has 6 heteroatoms. The summed E-state index contributed by atoms with van der Waals surface area (Å²) < 4.78 is 1.99. The van der Waals surface area contributed by atoms with Gasteiger partial charge < -0.3 is 9.88 Å². The van der Waals surface area contributed by atoms with Crippen LogP contribution >= 0.6 is 23.2 Å². The van der Waals surface area contributed by atoms with Gasteiger partial charge in [0.25, 0.3) is 5.91 Å². The summed E-state index contributed by atoms with van der Waals surface area (Å²) in [5, 5.41) is 3.84. The molecule has 0 fully saturated rings. The van der Waals surface area contributed by atoms with E-state index >= 15 is 0 Å². The lowest BCUT2D eigenvalue weighted by molar-refractivity contribution is 0.102. The molecule has 0 aliphatic heterocycles. The highest BCUT2D eigenvalue weighted by atomic mass is 35.5. The number of halogens is 2. The highest BCUT2D eigenvalue weighted by molar-refractivity contribution is 6.34. The lowest BCUT2D eigenvalue weighted by Gasteiger charge is -2.19. The Bertz CT molecular complexity index is 1070. The largest absolute Gasteiger partial charge is 0.343 e. The Balaban J connectivity index is 2.03. The Kier molecular flexibility index (Phi) is 6.22. The zero-order chi connectivity index (χ0) is 20.3. The zero-order valence-corrected chi connectivity index (χ0v) is 17.1. The van der Waals surface area contributed by atoms with Gasteiger partial charge >= 0.3 is 0 Å². The molecule has 1 amide bonds. The Morgan fingerprint density at radius 2 is 1.75 bits per heavy atom. The molecule has 0 radical (unpaired) electrons. The van der Waals surface area contributed by atoms with Crippen LogP contribution in [0.2, 0.25) is 10.0 Å². The van der Waals surface area contributed by atoms with Crippen molar-refractivity contribution in [1.29, 1.82) is 0 Å². The summed E-state index contributed by atoms with van der Waals surface area (Å²) >= 11 is 12.1. The van der Waals surface area contributed by atoms with Gasteiger partial charge in [-0.05, 0) is 43.2 Å². The number of amides is 1. The normalized spacial score (nSPS) is 10.7. The minimum atomic E-state index is -0.459. The van der Waals surface area contributed by atoms with Gasteiger partial charge in [0.1, 0.15) is 5.56 Å². The number of carbonyl (C=O) groups excluding carboxylic acids is 1. The SMILES string of the molecule is CCc1c(C(=O)Nc2ccccc2Cl)c(=O)cc(C)n1Cc1ccc(Cl)cc1. The van der Waals surface area contributed by atoms with E-state index in [9.17, 15) is 9.59 Å². The first-order valence-corrected chi connectivity index (χ1v) is 9.70. The van der Waals surface area contributed by atoms with Crippen LogP contribution in [0.5, 0.6) is 0 Å². The van der Waals surface area contributed by atoms with E-state index in [2.05, 4.69) is 5.32 Å². The van der Waals surface area contributed by atoms with Crippen molar-refractivity contribution in [2.24, 2.45) is 0 Å². The van der Waals surface area contributed by atoms with Gasteiger partial charge in [-0.15, -0.1) is 0 Å². The number of benzene rings is 2. The van der Waals surface area contributed by atoms with Gasteiger partial charge in [0, 0.05) is 29.0 Å². The highest BCUT2D eigenvalue weighted by Gasteiger charge is 2.20. The molecule has 0 saturated carbocycles. The van der Waals surface area contributed by atoms with E-state index in [0.717, 1.165) is 11.3 Å². The van der Waals surface area contributed by atoms with Crippen LogP contribution in [0.3, 0.4) is 0 Å². The lowest BCUT2D eigenvalue weighted by atomic mass is 10.1. The maximum atomic E-state index is 12.9. The quantitative estimate of drug-likeness (QED) is 0.613. The number of anilines is 1. The minimum absolute atomic E-state index is 0.141. The van der Waals surface area contributed by atoms with E-state index in [1.165, 1.54) is 6.07 Å². The van der Waals surface area contributed by atoms with E-state index in [0.29, 0.717) is 34.4 Å². The number of aryl methyl sites for hydroxylation is 1. The zero-order valence-electron chi connectivity index (χ0n) is 15.6. The average Bonchev–Trinajstić information content (AvgIpc) is 2.66. The molecular weight excluding hydrogens is 395 g/mol. The van der Waals surface area contributed by atoms with Gasteiger partial charge in [0.2, 0.25) is 0 Å². The Labute approximate surface area is 173 Å². The van der Waals surface area contributed by atoms with Crippen molar-refractivity contribution in [1.82, 2.24) is 4.57 Å². The molecule has 2 aromatic carbocycles. The Morgan fingerprint density at radius 3 is 2.39 bits per heavy atom. The van der Waals surface area contributed by atoms with Crippen LogP contribution in [0.4, 0.5) is 5.69 Å². The summed E-state index contributed by atoms with van der Waals surface area (Å²) in [5.41, 5.74) is 2.83. The van der Waals surface area contributed by atoms with Crippen LogP contribution < -0.4 is 10.7 Å². The average molecular weight is 415 g/mol. The van der Waals surface area contributed by atoms with Gasteiger partial charge in [0.05, 0.1) is 10.7 Å². The predicted octanol–water partition coefficient (Wildman–Crippen LogP) is 5.33. The number of aromatic nitrogens is 1. The molecule has 144 valence electrons. The van der Waals surface area contributed by atoms with Crippen LogP contribution in [-0.4, -0.2) is 10.5 Å². The van der Waals surface area contributed by atoms with E-state index < -0.39 is 5.91 Å². The molecule has 0 atom stereocenters. The van der Waals surface area contributed by atoms with E-state index in [1.807, 2.05) is 42.7 Å². The van der Waals surface area contributed by atoms with Crippen LogP contribution in [-0.2, 0) is 13.0 Å². The first-order chi connectivity index (χ1) is 13.4. The number of nitrogens with zero attached hydrogens (tertiary/aromatic N) is 1. The third kappa shape index (κ3) is 4.29. The molecule has 3 rings (SSSR count). The summed E-state index contributed by atoms with van der Waals surface area (Å²) in [4.78, 5) is 25.6. The fourth-order valence-corrected chi connectivity index (χ4v) is 3.49. The van der Waals surface area contributed by atoms with E-state index in [-0.39, 0.29) is 11.0 Å². The molecular formula is C22H20Cl2N2O2. The van der Waals surface area contributed by atoms with Crippen molar-refractivity contribution in [3.63, 3.8) is 0 Å².